The van der Waals surface area contributed by atoms with Crippen molar-refractivity contribution in [2.45, 2.75) is 71.9 Å². The molecule has 0 fully saturated rings. The molecule has 0 unspecified atom stereocenters. The summed E-state index contributed by atoms with van der Waals surface area (Å²) in [5.74, 6) is 0.489. The summed E-state index contributed by atoms with van der Waals surface area (Å²) in [7, 11) is 1.71. The van der Waals surface area contributed by atoms with Gasteiger partial charge in [0.05, 0.1) is 18.5 Å². The number of carbonyl (C=O) groups excluding carboxylic acids is 3. The van der Waals surface area contributed by atoms with Crippen molar-refractivity contribution < 1.29 is 23.9 Å². The number of nitrogens with zero attached hydrogens (tertiary/aromatic N) is 1. The molecule has 2 rings (SSSR count). The average Bonchev–Trinajstić information content (AvgIpc) is 2.88. The Morgan fingerprint density at radius 1 is 0.872 bits per heavy atom. The van der Waals surface area contributed by atoms with Gasteiger partial charge in [-0.2, -0.15) is 0 Å². The SMILES string of the molecule is CCN(CCCCCCNC1=CC(=O)C(NCCCNC(=O)OC(C)(C)C)=CC1=O)Cc1ccccc1OC. The van der Waals surface area contributed by atoms with Crippen LogP contribution in [-0.2, 0) is 20.9 Å². The molecule has 216 valence electrons. The Kier molecular flexibility index (Phi) is 13.6. The van der Waals surface area contributed by atoms with Gasteiger partial charge in [-0.1, -0.05) is 38.0 Å². The highest BCUT2D eigenvalue weighted by atomic mass is 16.6. The summed E-state index contributed by atoms with van der Waals surface area (Å²) in [5.41, 5.74) is 1.27. The smallest absolute Gasteiger partial charge is 0.407 e. The van der Waals surface area contributed by atoms with Crippen molar-refractivity contribution in [3.8, 4) is 5.75 Å². The number of para-hydroxylation sites is 1. The van der Waals surface area contributed by atoms with Crippen LogP contribution in [0.25, 0.3) is 0 Å². The molecule has 0 aromatic heterocycles. The van der Waals surface area contributed by atoms with Gasteiger partial charge >= 0.3 is 6.09 Å². The van der Waals surface area contributed by atoms with E-state index in [1.165, 1.54) is 17.7 Å². The molecule has 0 saturated heterocycles. The molecule has 0 saturated carbocycles. The van der Waals surface area contributed by atoms with E-state index in [1.807, 2.05) is 18.2 Å². The number of ketones is 2. The predicted molar refractivity (Wildman–Crippen MR) is 153 cm³/mol. The van der Waals surface area contributed by atoms with Crippen LogP contribution in [0, 0.1) is 0 Å². The molecule has 1 amide bonds. The van der Waals surface area contributed by atoms with Crippen molar-refractivity contribution in [3.05, 3.63) is 53.4 Å². The number of amides is 1. The minimum atomic E-state index is -0.547. The van der Waals surface area contributed by atoms with Crippen LogP contribution in [0.4, 0.5) is 4.79 Å². The van der Waals surface area contributed by atoms with Crippen LogP contribution in [0.5, 0.6) is 5.75 Å². The minimum Gasteiger partial charge on any atom is -0.496 e. The maximum Gasteiger partial charge on any atom is 0.407 e. The van der Waals surface area contributed by atoms with E-state index >= 15 is 0 Å². The van der Waals surface area contributed by atoms with Gasteiger partial charge in [0.1, 0.15) is 11.4 Å². The van der Waals surface area contributed by atoms with Gasteiger partial charge in [-0.05, 0) is 59.2 Å². The lowest BCUT2D eigenvalue weighted by Crippen LogP contribution is -2.34. The van der Waals surface area contributed by atoms with E-state index < -0.39 is 11.7 Å². The zero-order valence-corrected chi connectivity index (χ0v) is 24.2. The van der Waals surface area contributed by atoms with Crippen LogP contribution in [0.3, 0.4) is 0 Å². The maximum atomic E-state index is 12.4. The Morgan fingerprint density at radius 2 is 1.49 bits per heavy atom. The number of carbonyl (C=O) groups is 3. The summed E-state index contributed by atoms with van der Waals surface area (Å²) in [6.45, 7) is 12.0. The van der Waals surface area contributed by atoms with Crippen molar-refractivity contribution in [1.82, 2.24) is 20.9 Å². The number of nitrogens with one attached hydrogen (secondary N) is 3. The highest BCUT2D eigenvalue weighted by Crippen LogP contribution is 2.19. The van der Waals surface area contributed by atoms with Gasteiger partial charge in [0.15, 0.2) is 0 Å². The third kappa shape index (κ3) is 12.4. The van der Waals surface area contributed by atoms with E-state index in [-0.39, 0.29) is 17.3 Å². The first-order valence-electron chi connectivity index (χ1n) is 13.9. The lowest BCUT2D eigenvalue weighted by molar-refractivity contribution is -0.115. The van der Waals surface area contributed by atoms with Crippen molar-refractivity contribution in [2.75, 3.05) is 39.8 Å². The second-order valence-electron chi connectivity index (χ2n) is 10.6. The molecule has 3 N–H and O–H groups in total. The van der Waals surface area contributed by atoms with Crippen LogP contribution in [0.1, 0.15) is 65.4 Å². The Bertz CT molecular complexity index is 1010. The Hall–Kier alpha value is -3.33. The first kappa shape index (κ1) is 31.9. The lowest BCUT2D eigenvalue weighted by Gasteiger charge is -2.21. The molecule has 39 heavy (non-hydrogen) atoms. The fourth-order valence-corrected chi connectivity index (χ4v) is 4.11. The van der Waals surface area contributed by atoms with Crippen LogP contribution in [0.2, 0.25) is 0 Å². The summed E-state index contributed by atoms with van der Waals surface area (Å²) in [6, 6.07) is 8.14. The number of allylic oxidation sites excluding steroid dienone is 2. The molecule has 1 aliphatic carbocycles. The third-order valence-corrected chi connectivity index (χ3v) is 6.17. The van der Waals surface area contributed by atoms with E-state index in [9.17, 15) is 14.4 Å². The Morgan fingerprint density at radius 3 is 2.10 bits per heavy atom. The molecule has 0 spiro atoms. The standard InChI is InChI=1S/C30H46N4O5/c1-6-34(22-23-14-9-10-15-28(23)38-5)19-12-8-7-11-16-31-24-20-27(36)25(21-26(24)35)32-17-13-18-33-29(37)39-30(2,3)4/h9-10,14-15,20-21,31-32H,6-8,11-13,16-19,22H2,1-5H3,(H,33,37). The molecular weight excluding hydrogens is 496 g/mol. The lowest BCUT2D eigenvalue weighted by atomic mass is 10.1. The van der Waals surface area contributed by atoms with Crippen molar-refractivity contribution in [3.63, 3.8) is 0 Å². The van der Waals surface area contributed by atoms with Gasteiger partial charge in [-0.15, -0.1) is 0 Å². The second-order valence-corrected chi connectivity index (χ2v) is 10.6. The second kappa shape index (κ2) is 16.6. The first-order valence-corrected chi connectivity index (χ1v) is 13.9. The fourth-order valence-electron chi connectivity index (χ4n) is 4.11. The molecular formula is C30H46N4O5. The molecule has 0 aliphatic heterocycles. The molecule has 0 radical (unpaired) electrons. The highest BCUT2D eigenvalue weighted by molar-refractivity contribution is 6.19. The number of hydrogen-bond donors (Lipinski definition) is 3. The van der Waals surface area contributed by atoms with Crippen molar-refractivity contribution in [2.24, 2.45) is 0 Å². The molecule has 1 aliphatic rings. The van der Waals surface area contributed by atoms with Crippen LogP contribution in [-0.4, -0.2) is 68.0 Å². The van der Waals surface area contributed by atoms with Crippen LogP contribution in [0.15, 0.2) is 47.8 Å². The van der Waals surface area contributed by atoms with Gasteiger partial charge in [-0.3, -0.25) is 14.5 Å². The van der Waals surface area contributed by atoms with Crippen LogP contribution >= 0.6 is 0 Å². The maximum absolute atomic E-state index is 12.4. The van der Waals surface area contributed by atoms with E-state index in [0.717, 1.165) is 51.1 Å². The summed E-state index contributed by atoms with van der Waals surface area (Å²) < 4.78 is 10.6. The first-order chi connectivity index (χ1) is 18.6. The molecule has 1 aromatic carbocycles. The van der Waals surface area contributed by atoms with E-state index in [2.05, 4.69) is 33.8 Å². The fraction of sp³-hybridized carbons (Fsp3) is 0.567. The highest BCUT2D eigenvalue weighted by Gasteiger charge is 2.20. The zero-order valence-electron chi connectivity index (χ0n) is 24.2. The summed E-state index contributed by atoms with van der Waals surface area (Å²) >= 11 is 0. The molecule has 9 nitrogen and oxygen atoms in total. The van der Waals surface area contributed by atoms with Gasteiger partial charge < -0.3 is 25.4 Å². The topological polar surface area (TPSA) is 109 Å². The molecule has 0 bridgehead atoms. The number of benzene rings is 1. The normalized spacial score (nSPS) is 13.6. The minimum absolute atomic E-state index is 0.209. The molecule has 0 atom stereocenters. The number of methoxy groups -OCH3 is 1. The predicted octanol–water partition coefficient (Wildman–Crippen LogP) is 4.09. The summed E-state index contributed by atoms with van der Waals surface area (Å²) in [6.07, 6.45) is 7.00. The largest absolute Gasteiger partial charge is 0.496 e. The number of rotatable bonds is 17. The third-order valence-electron chi connectivity index (χ3n) is 6.17. The van der Waals surface area contributed by atoms with Crippen molar-refractivity contribution >= 4 is 17.7 Å². The van der Waals surface area contributed by atoms with Gasteiger partial charge in [0.25, 0.3) is 0 Å². The molecule has 9 heteroatoms. The Labute approximate surface area is 233 Å². The summed E-state index contributed by atoms with van der Waals surface area (Å²) in [4.78, 5) is 38.9. The van der Waals surface area contributed by atoms with Gasteiger partial charge in [0, 0.05) is 43.9 Å². The number of ether oxygens (including phenoxy) is 2. The van der Waals surface area contributed by atoms with Gasteiger partial charge in [-0.25, -0.2) is 4.79 Å². The zero-order chi connectivity index (χ0) is 28.7. The number of unbranched alkanes of at least 4 members (excludes halogenated alkanes) is 3. The quantitative estimate of drug-likeness (QED) is 0.200. The van der Waals surface area contributed by atoms with E-state index in [4.69, 9.17) is 9.47 Å². The average molecular weight is 543 g/mol. The molecule has 1 aromatic rings. The van der Waals surface area contributed by atoms with Crippen molar-refractivity contribution in [1.29, 1.82) is 0 Å². The monoisotopic (exact) mass is 542 g/mol. The molecule has 0 heterocycles. The summed E-state index contributed by atoms with van der Waals surface area (Å²) in [5, 5.41) is 8.77. The van der Waals surface area contributed by atoms with Crippen LogP contribution < -0.4 is 20.7 Å². The number of alkyl carbamates (subject to hydrolysis) is 1. The van der Waals surface area contributed by atoms with E-state index in [0.29, 0.717) is 31.8 Å². The number of hydrogen-bond acceptors (Lipinski definition) is 8. The Balaban J connectivity index is 1.59. The van der Waals surface area contributed by atoms with Gasteiger partial charge in [0.2, 0.25) is 11.6 Å². The van der Waals surface area contributed by atoms with E-state index in [1.54, 1.807) is 27.9 Å².